The van der Waals surface area contributed by atoms with Crippen LogP contribution in [-0.4, -0.2) is 67.9 Å². The van der Waals surface area contributed by atoms with E-state index >= 15 is 0 Å². The van der Waals surface area contributed by atoms with Gasteiger partial charge in [0.25, 0.3) is 0 Å². The number of rotatable bonds is 7. The minimum Gasteiger partial charge on any atom is -0.354 e. The third-order valence-electron chi connectivity index (χ3n) is 7.37. The molecule has 1 saturated heterocycles. The van der Waals surface area contributed by atoms with Crippen LogP contribution in [0.3, 0.4) is 0 Å². The monoisotopic (exact) mass is 565 g/mol. The molecule has 4 aromatic rings. The van der Waals surface area contributed by atoms with Crippen LogP contribution < -0.4 is 5.32 Å². The van der Waals surface area contributed by atoms with Crippen LogP contribution in [0.15, 0.2) is 54.9 Å². The Bertz CT molecular complexity index is 1500. The van der Waals surface area contributed by atoms with Gasteiger partial charge >= 0.3 is 6.18 Å². The van der Waals surface area contributed by atoms with E-state index < -0.39 is 11.7 Å². The molecule has 3 aromatic heterocycles. The van der Waals surface area contributed by atoms with E-state index in [1.54, 1.807) is 18.3 Å². The quantitative estimate of drug-likeness (QED) is 0.278. The molecule has 1 fully saturated rings. The van der Waals surface area contributed by atoms with Gasteiger partial charge in [-0.15, -0.1) is 0 Å². The topological polar surface area (TPSA) is 61.6 Å². The smallest absolute Gasteiger partial charge is 0.354 e. The van der Waals surface area contributed by atoms with Gasteiger partial charge < -0.3 is 5.32 Å². The number of piperazine rings is 1. The number of hydrogen-bond acceptors (Lipinski definition) is 6. The van der Waals surface area contributed by atoms with Gasteiger partial charge in [-0.25, -0.2) is 15.0 Å². The molecule has 0 unspecified atom stereocenters. The molecule has 1 N–H and O–H groups in total. The Morgan fingerprint density at radius 1 is 0.951 bits per heavy atom. The molecule has 41 heavy (non-hydrogen) atoms. The van der Waals surface area contributed by atoms with E-state index in [0.29, 0.717) is 46.8 Å². The van der Waals surface area contributed by atoms with Gasteiger partial charge in [0.15, 0.2) is 0 Å². The van der Waals surface area contributed by atoms with E-state index in [2.05, 4.69) is 60.8 Å². The fourth-order valence-electron chi connectivity index (χ4n) is 5.09. The van der Waals surface area contributed by atoms with Crippen molar-refractivity contribution in [1.29, 1.82) is 0 Å². The first-order valence-electron chi connectivity index (χ1n) is 14.1. The van der Waals surface area contributed by atoms with Gasteiger partial charge in [0.2, 0.25) is 5.95 Å². The second-order valence-corrected chi connectivity index (χ2v) is 12.2. The number of pyridine rings is 1. The van der Waals surface area contributed by atoms with E-state index in [0.717, 1.165) is 50.4 Å². The number of anilines is 1. The van der Waals surface area contributed by atoms with Gasteiger partial charge in [-0.05, 0) is 55.2 Å². The van der Waals surface area contributed by atoms with Crippen LogP contribution in [0.2, 0.25) is 0 Å². The molecule has 4 heterocycles. The van der Waals surface area contributed by atoms with Crippen LogP contribution in [0.25, 0.3) is 28.3 Å². The van der Waals surface area contributed by atoms with Crippen molar-refractivity contribution in [3.05, 3.63) is 66.0 Å². The average Bonchev–Trinajstić information content (AvgIpc) is 3.30. The molecule has 0 amide bonds. The Hall–Kier alpha value is -3.50. The molecule has 1 aromatic carbocycles. The largest absolute Gasteiger partial charge is 0.416 e. The van der Waals surface area contributed by atoms with E-state index in [-0.39, 0.29) is 5.41 Å². The molecule has 0 saturated carbocycles. The van der Waals surface area contributed by atoms with Crippen molar-refractivity contribution in [2.75, 3.05) is 38.0 Å². The first-order chi connectivity index (χ1) is 19.4. The van der Waals surface area contributed by atoms with E-state index in [1.807, 2.05) is 16.7 Å². The molecule has 5 rings (SSSR count). The molecule has 218 valence electrons. The summed E-state index contributed by atoms with van der Waals surface area (Å²) in [6.45, 7) is 16.3. The number of hydrogen-bond donors (Lipinski definition) is 1. The Kier molecular flexibility index (Phi) is 8.07. The molecule has 1 aliphatic rings. The Morgan fingerprint density at radius 2 is 1.71 bits per heavy atom. The van der Waals surface area contributed by atoms with Gasteiger partial charge in [0.1, 0.15) is 5.65 Å². The minimum absolute atomic E-state index is 0.0176. The van der Waals surface area contributed by atoms with Crippen molar-refractivity contribution in [3.63, 3.8) is 0 Å². The van der Waals surface area contributed by atoms with Crippen molar-refractivity contribution in [2.24, 2.45) is 5.41 Å². The summed E-state index contributed by atoms with van der Waals surface area (Å²) in [5, 5.41) is 3.28. The molecule has 1 aliphatic heterocycles. The summed E-state index contributed by atoms with van der Waals surface area (Å²) >= 11 is 0. The summed E-state index contributed by atoms with van der Waals surface area (Å²) in [4.78, 5) is 18.9. The summed E-state index contributed by atoms with van der Waals surface area (Å²) in [6.07, 6.45) is -0.853. The van der Waals surface area contributed by atoms with E-state index in [4.69, 9.17) is 9.97 Å². The highest BCUT2D eigenvalue weighted by Crippen LogP contribution is 2.36. The van der Waals surface area contributed by atoms with Crippen molar-refractivity contribution in [3.8, 4) is 22.6 Å². The number of nitrogens with zero attached hydrogens (tertiary/aromatic N) is 6. The van der Waals surface area contributed by atoms with Gasteiger partial charge in [0.05, 0.1) is 22.6 Å². The summed E-state index contributed by atoms with van der Waals surface area (Å²) < 4.78 is 42.8. The van der Waals surface area contributed by atoms with Crippen LogP contribution in [-0.2, 0) is 12.7 Å². The Balaban J connectivity index is 1.54. The second kappa shape index (κ2) is 11.4. The number of halogens is 3. The molecule has 0 aliphatic carbocycles. The molecule has 10 heteroatoms. The summed E-state index contributed by atoms with van der Waals surface area (Å²) in [6, 6.07) is 11.7. The minimum atomic E-state index is -4.46. The normalized spacial score (nSPS) is 15.6. The van der Waals surface area contributed by atoms with Gasteiger partial charge in [-0.2, -0.15) is 13.2 Å². The van der Waals surface area contributed by atoms with Crippen LogP contribution in [0.5, 0.6) is 0 Å². The van der Waals surface area contributed by atoms with E-state index in [9.17, 15) is 13.2 Å². The van der Waals surface area contributed by atoms with Crippen molar-refractivity contribution >= 4 is 11.6 Å². The highest BCUT2D eigenvalue weighted by atomic mass is 19.4. The SMILES string of the molecule is CC(C)N1CCN(Cc2ccn3c(-c4ccnc(NCC(C)(C)C)n4)c(-c4cccc(C(F)(F)F)c4)nc3c2)CC1. The maximum atomic E-state index is 13.6. The molecular formula is C31H38F3N7. The van der Waals surface area contributed by atoms with Gasteiger partial charge in [-0.3, -0.25) is 14.2 Å². The maximum Gasteiger partial charge on any atom is 0.416 e. The van der Waals surface area contributed by atoms with E-state index in [1.165, 1.54) is 6.07 Å². The van der Waals surface area contributed by atoms with Crippen molar-refractivity contribution < 1.29 is 13.2 Å². The first kappa shape index (κ1) is 29.0. The van der Waals surface area contributed by atoms with Gasteiger partial charge in [-0.1, -0.05) is 32.9 Å². The molecule has 0 spiro atoms. The third-order valence-corrected chi connectivity index (χ3v) is 7.37. The molecule has 0 radical (unpaired) electrons. The summed E-state index contributed by atoms with van der Waals surface area (Å²) in [7, 11) is 0. The van der Waals surface area contributed by atoms with Crippen molar-refractivity contribution in [2.45, 2.75) is 53.4 Å². The number of fused-ring (bicyclic) bond motifs is 1. The zero-order chi connectivity index (χ0) is 29.4. The van der Waals surface area contributed by atoms with Crippen molar-refractivity contribution in [1.82, 2.24) is 29.2 Å². The zero-order valence-electron chi connectivity index (χ0n) is 24.3. The molecular weight excluding hydrogens is 527 g/mol. The lowest BCUT2D eigenvalue weighted by molar-refractivity contribution is -0.137. The second-order valence-electron chi connectivity index (χ2n) is 12.2. The molecule has 0 bridgehead atoms. The average molecular weight is 566 g/mol. The highest BCUT2D eigenvalue weighted by molar-refractivity contribution is 5.81. The fourth-order valence-corrected chi connectivity index (χ4v) is 5.09. The number of benzene rings is 1. The summed E-state index contributed by atoms with van der Waals surface area (Å²) in [5.74, 6) is 0.458. The predicted octanol–water partition coefficient (Wildman–Crippen LogP) is 6.46. The fraction of sp³-hybridized carbons (Fsp3) is 0.452. The number of alkyl halides is 3. The zero-order valence-corrected chi connectivity index (χ0v) is 24.3. The number of aromatic nitrogens is 4. The van der Waals surface area contributed by atoms with Gasteiger partial charge in [0, 0.05) is 63.3 Å². The predicted molar refractivity (Wildman–Crippen MR) is 157 cm³/mol. The standard InChI is InChI=1S/C31H38F3N7/c1-21(2)40-15-13-39(14-16-40)19-22-10-12-41-26(17-22)38-27(23-7-6-8-24(18-23)31(32,33)34)28(41)25-9-11-35-29(37-25)36-20-30(3,4)5/h6-12,17-18,21H,13-16,19-20H2,1-5H3,(H,35,36,37). The molecule has 7 nitrogen and oxygen atoms in total. The maximum absolute atomic E-state index is 13.6. The lowest BCUT2D eigenvalue weighted by atomic mass is 9.97. The lowest BCUT2D eigenvalue weighted by Gasteiger charge is -2.36. The Morgan fingerprint density at radius 3 is 2.39 bits per heavy atom. The first-order valence-corrected chi connectivity index (χ1v) is 14.1. The Labute approximate surface area is 239 Å². The number of nitrogens with one attached hydrogen (secondary N) is 1. The third kappa shape index (κ3) is 6.87. The van der Waals surface area contributed by atoms with Crippen LogP contribution in [0.4, 0.5) is 19.1 Å². The van der Waals surface area contributed by atoms with Crippen LogP contribution in [0.1, 0.15) is 45.7 Å². The van der Waals surface area contributed by atoms with Crippen LogP contribution in [0, 0.1) is 5.41 Å². The molecule has 0 atom stereocenters. The lowest BCUT2D eigenvalue weighted by Crippen LogP contribution is -2.48. The summed E-state index contributed by atoms with van der Waals surface area (Å²) in [5.41, 5.74) is 3.10. The number of imidazole rings is 1. The van der Waals surface area contributed by atoms with Crippen LogP contribution >= 0.6 is 0 Å². The highest BCUT2D eigenvalue weighted by Gasteiger charge is 2.31.